The Hall–Kier alpha value is -2.50. The van der Waals surface area contributed by atoms with Gasteiger partial charge in [-0.25, -0.2) is 4.39 Å². The van der Waals surface area contributed by atoms with E-state index in [0.29, 0.717) is 0 Å². The van der Waals surface area contributed by atoms with Gasteiger partial charge in [0.2, 0.25) is 0 Å². The minimum absolute atomic E-state index is 0.190. The van der Waals surface area contributed by atoms with Crippen molar-refractivity contribution in [3.05, 3.63) is 76.9 Å². The van der Waals surface area contributed by atoms with Crippen molar-refractivity contribution in [2.45, 2.75) is 26.8 Å². The molecular formula is C24H29FN4. The van der Waals surface area contributed by atoms with Gasteiger partial charge in [0.25, 0.3) is 0 Å². The highest BCUT2D eigenvalue weighted by atomic mass is 19.1. The standard InChI is InChI=1S/C24H29FN4/c1-4-28-13-15-29(16-14-28)24(23-17(2)26-27-18(23)3)21-7-5-19(6-8-21)20-9-11-22(25)12-10-20/h5-12,24H,4,13-16H2,1-3H3,(H,26,27). The molecule has 1 atom stereocenters. The van der Waals surface area contributed by atoms with Crippen LogP contribution >= 0.6 is 0 Å². The number of nitrogens with one attached hydrogen (secondary N) is 1. The number of H-pyrrole nitrogens is 1. The van der Waals surface area contributed by atoms with Gasteiger partial charge in [-0.3, -0.25) is 10.00 Å². The second-order valence-electron chi connectivity index (χ2n) is 7.85. The SMILES string of the molecule is CCN1CCN(C(c2ccc(-c3ccc(F)cc3)cc2)c2c(C)n[nH]c2C)CC1. The number of benzene rings is 2. The van der Waals surface area contributed by atoms with E-state index in [2.05, 4.69) is 65.0 Å². The Kier molecular flexibility index (Phi) is 5.79. The van der Waals surface area contributed by atoms with Crippen molar-refractivity contribution in [2.75, 3.05) is 32.7 Å². The van der Waals surface area contributed by atoms with Crippen molar-refractivity contribution in [3.63, 3.8) is 0 Å². The topological polar surface area (TPSA) is 35.2 Å². The number of aromatic nitrogens is 2. The lowest BCUT2D eigenvalue weighted by Gasteiger charge is -2.39. The monoisotopic (exact) mass is 392 g/mol. The summed E-state index contributed by atoms with van der Waals surface area (Å²) < 4.78 is 13.2. The van der Waals surface area contributed by atoms with Gasteiger partial charge in [-0.1, -0.05) is 43.3 Å². The van der Waals surface area contributed by atoms with Crippen molar-refractivity contribution in [1.29, 1.82) is 0 Å². The zero-order valence-corrected chi connectivity index (χ0v) is 17.5. The third kappa shape index (κ3) is 4.11. The molecule has 152 valence electrons. The summed E-state index contributed by atoms with van der Waals surface area (Å²) in [7, 11) is 0. The number of nitrogens with zero attached hydrogens (tertiary/aromatic N) is 3. The highest BCUT2D eigenvalue weighted by molar-refractivity contribution is 5.63. The van der Waals surface area contributed by atoms with E-state index in [1.807, 2.05) is 12.1 Å². The fourth-order valence-electron chi connectivity index (χ4n) is 4.36. The molecule has 1 aromatic heterocycles. The smallest absolute Gasteiger partial charge is 0.123 e. The molecule has 0 spiro atoms. The average Bonchev–Trinajstić information content (AvgIpc) is 3.08. The first-order valence-corrected chi connectivity index (χ1v) is 10.4. The first-order valence-electron chi connectivity index (χ1n) is 10.4. The van der Waals surface area contributed by atoms with Gasteiger partial charge in [-0.15, -0.1) is 0 Å². The van der Waals surface area contributed by atoms with Gasteiger partial charge < -0.3 is 4.90 Å². The second-order valence-corrected chi connectivity index (χ2v) is 7.85. The van der Waals surface area contributed by atoms with E-state index in [0.717, 1.165) is 55.2 Å². The van der Waals surface area contributed by atoms with Gasteiger partial charge in [-0.05, 0) is 49.2 Å². The van der Waals surface area contributed by atoms with E-state index in [9.17, 15) is 4.39 Å². The van der Waals surface area contributed by atoms with Crippen molar-refractivity contribution >= 4 is 0 Å². The Morgan fingerprint density at radius 3 is 2.03 bits per heavy atom. The third-order valence-electron chi connectivity index (χ3n) is 6.08. The molecule has 2 aromatic carbocycles. The van der Waals surface area contributed by atoms with Crippen LogP contribution in [-0.4, -0.2) is 52.7 Å². The Balaban J connectivity index is 1.67. The molecule has 1 unspecified atom stereocenters. The molecule has 1 aliphatic rings. The number of piperazine rings is 1. The zero-order chi connectivity index (χ0) is 20.4. The summed E-state index contributed by atoms with van der Waals surface area (Å²) in [5.41, 5.74) is 6.88. The van der Waals surface area contributed by atoms with Gasteiger partial charge in [-0.2, -0.15) is 5.10 Å². The Bertz CT molecular complexity index is 919. The third-order valence-corrected chi connectivity index (χ3v) is 6.08. The van der Waals surface area contributed by atoms with Crippen LogP contribution in [0.4, 0.5) is 4.39 Å². The molecule has 3 aromatic rings. The summed E-state index contributed by atoms with van der Waals surface area (Å²) >= 11 is 0. The summed E-state index contributed by atoms with van der Waals surface area (Å²) in [6.45, 7) is 11.8. The van der Waals surface area contributed by atoms with E-state index >= 15 is 0 Å². The lowest BCUT2D eigenvalue weighted by atomic mass is 9.93. The maximum atomic E-state index is 13.2. The fourth-order valence-corrected chi connectivity index (χ4v) is 4.36. The van der Waals surface area contributed by atoms with Crippen LogP contribution in [0.3, 0.4) is 0 Å². The minimum atomic E-state index is -0.206. The quantitative estimate of drug-likeness (QED) is 0.691. The molecule has 0 saturated carbocycles. The molecule has 0 amide bonds. The normalized spacial score (nSPS) is 16.8. The Labute approximate surface area is 172 Å². The molecular weight excluding hydrogens is 363 g/mol. The number of hydrogen-bond donors (Lipinski definition) is 1. The van der Waals surface area contributed by atoms with Crippen molar-refractivity contribution < 1.29 is 4.39 Å². The van der Waals surface area contributed by atoms with Gasteiger partial charge in [0.1, 0.15) is 5.82 Å². The molecule has 0 radical (unpaired) electrons. The van der Waals surface area contributed by atoms with E-state index in [4.69, 9.17) is 0 Å². The second kappa shape index (κ2) is 8.47. The van der Waals surface area contributed by atoms with Crippen LogP contribution in [0.15, 0.2) is 48.5 Å². The van der Waals surface area contributed by atoms with Crippen molar-refractivity contribution in [3.8, 4) is 11.1 Å². The summed E-state index contributed by atoms with van der Waals surface area (Å²) in [5, 5.41) is 7.63. The molecule has 2 heterocycles. The van der Waals surface area contributed by atoms with E-state index in [1.54, 1.807) is 0 Å². The number of rotatable bonds is 5. The Morgan fingerprint density at radius 1 is 0.931 bits per heavy atom. The highest BCUT2D eigenvalue weighted by Crippen LogP contribution is 2.34. The van der Waals surface area contributed by atoms with Crippen LogP contribution in [0.1, 0.15) is 35.5 Å². The number of halogens is 1. The van der Waals surface area contributed by atoms with Crippen molar-refractivity contribution in [2.24, 2.45) is 0 Å². The molecule has 0 aliphatic carbocycles. The van der Waals surface area contributed by atoms with Gasteiger partial charge in [0, 0.05) is 37.4 Å². The average molecular weight is 393 g/mol. The minimum Gasteiger partial charge on any atom is -0.301 e. The molecule has 4 nitrogen and oxygen atoms in total. The Morgan fingerprint density at radius 2 is 1.52 bits per heavy atom. The maximum absolute atomic E-state index is 13.2. The first-order chi connectivity index (χ1) is 14.1. The zero-order valence-electron chi connectivity index (χ0n) is 17.5. The van der Waals surface area contributed by atoms with Crippen molar-refractivity contribution in [1.82, 2.24) is 20.0 Å². The molecule has 0 bridgehead atoms. The lowest BCUT2D eigenvalue weighted by molar-refractivity contribution is 0.113. The van der Waals surface area contributed by atoms with E-state index in [-0.39, 0.29) is 11.9 Å². The van der Waals surface area contributed by atoms with Gasteiger partial charge in [0.05, 0.1) is 11.7 Å². The number of likely N-dealkylation sites (N-methyl/N-ethyl adjacent to an activating group) is 1. The number of aryl methyl sites for hydroxylation is 2. The first kappa shape index (κ1) is 19.8. The molecule has 29 heavy (non-hydrogen) atoms. The molecule has 1 saturated heterocycles. The summed E-state index contributed by atoms with van der Waals surface area (Å²) in [6.07, 6.45) is 0. The van der Waals surface area contributed by atoms with Crippen LogP contribution in [0.2, 0.25) is 0 Å². The molecule has 1 N–H and O–H groups in total. The van der Waals surface area contributed by atoms with Crippen LogP contribution in [0.5, 0.6) is 0 Å². The number of hydrogen-bond acceptors (Lipinski definition) is 3. The van der Waals surface area contributed by atoms with Gasteiger partial charge >= 0.3 is 0 Å². The van der Waals surface area contributed by atoms with E-state index in [1.165, 1.54) is 23.3 Å². The summed E-state index contributed by atoms with van der Waals surface area (Å²) in [4.78, 5) is 5.07. The highest BCUT2D eigenvalue weighted by Gasteiger charge is 2.29. The largest absolute Gasteiger partial charge is 0.301 e. The van der Waals surface area contributed by atoms with Crippen LogP contribution in [-0.2, 0) is 0 Å². The summed E-state index contributed by atoms with van der Waals surface area (Å²) in [6, 6.07) is 15.6. The predicted octanol–water partition coefficient (Wildman–Crippen LogP) is 4.56. The van der Waals surface area contributed by atoms with Crippen LogP contribution in [0.25, 0.3) is 11.1 Å². The van der Waals surface area contributed by atoms with E-state index < -0.39 is 0 Å². The lowest BCUT2D eigenvalue weighted by Crippen LogP contribution is -2.47. The maximum Gasteiger partial charge on any atom is 0.123 e. The molecule has 5 heteroatoms. The predicted molar refractivity (Wildman–Crippen MR) is 115 cm³/mol. The van der Waals surface area contributed by atoms with Crippen LogP contribution < -0.4 is 0 Å². The summed E-state index contributed by atoms with van der Waals surface area (Å²) in [5.74, 6) is -0.206. The van der Waals surface area contributed by atoms with Gasteiger partial charge in [0.15, 0.2) is 0 Å². The molecule has 1 aliphatic heterocycles. The molecule has 4 rings (SSSR count). The molecule has 1 fully saturated rings. The number of aromatic amines is 1. The van der Waals surface area contributed by atoms with Crippen LogP contribution in [0, 0.1) is 19.7 Å². The fraction of sp³-hybridized carbons (Fsp3) is 0.375.